The monoisotopic (exact) mass is 515 g/mol. The lowest BCUT2D eigenvalue weighted by molar-refractivity contribution is 0.102. The average Bonchev–Trinajstić information content (AvgIpc) is 3.40. The van der Waals surface area contributed by atoms with Crippen LogP contribution in [0.3, 0.4) is 0 Å². The molecule has 0 radical (unpaired) electrons. The summed E-state index contributed by atoms with van der Waals surface area (Å²) in [7, 11) is 0. The first kappa shape index (κ1) is 24.0. The minimum absolute atomic E-state index is 0.256. The van der Waals surface area contributed by atoms with Gasteiger partial charge in [-0.25, -0.2) is 4.39 Å². The van der Waals surface area contributed by atoms with Crippen molar-refractivity contribution >= 4 is 22.5 Å². The van der Waals surface area contributed by atoms with E-state index in [0.717, 1.165) is 22.4 Å². The van der Waals surface area contributed by atoms with Crippen molar-refractivity contribution in [3.63, 3.8) is 0 Å². The SMILES string of the molecule is O=C(Nc1ccc(Cc2ccccc2F)nc1)c1n[nH]c2ccc(-c3cncc(Oc4ccccc4)c3)cc12. The van der Waals surface area contributed by atoms with E-state index < -0.39 is 0 Å². The molecule has 190 valence electrons. The van der Waals surface area contributed by atoms with Crippen molar-refractivity contribution < 1.29 is 13.9 Å². The topological polar surface area (TPSA) is 92.8 Å². The summed E-state index contributed by atoms with van der Waals surface area (Å²) in [6.45, 7) is 0. The molecule has 0 atom stereocenters. The first-order chi connectivity index (χ1) is 19.1. The van der Waals surface area contributed by atoms with Gasteiger partial charge in [-0.15, -0.1) is 0 Å². The number of aromatic amines is 1. The summed E-state index contributed by atoms with van der Waals surface area (Å²) in [5.41, 5.74) is 4.46. The molecule has 6 aromatic rings. The van der Waals surface area contributed by atoms with Crippen LogP contribution in [-0.4, -0.2) is 26.1 Å². The molecule has 3 aromatic heterocycles. The van der Waals surface area contributed by atoms with Gasteiger partial charge in [0.05, 0.1) is 23.6 Å². The quantitative estimate of drug-likeness (QED) is 0.244. The Labute approximate surface area is 223 Å². The number of carbonyl (C=O) groups excluding carboxylic acids is 1. The van der Waals surface area contributed by atoms with Crippen LogP contribution >= 0.6 is 0 Å². The number of anilines is 1. The maximum atomic E-state index is 14.0. The molecule has 7 nitrogen and oxygen atoms in total. The Morgan fingerprint density at radius 1 is 0.846 bits per heavy atom. The van der Waals surface area contributed by atoms with E-state index >= 15 is 0 Å². The van der Waals surface area contributed by atoms with Crippen LogP contribution in [0.25, 0.3) is 22.0 Å². The third-order valence-electron chi connectivity index (χ3n) is 6.22. The number of H-pyrrole nitrogens is 1. The molecule has 8 heteroatoms. The van der Waals surface area contributed by atoms with E-state index in [2.05, 4.69) is 25.5 Å². The fourth-order valence-electron chi connectivity index (χ4n) is 4.25. The number of nitrogens with zero attached hydrogens (tertiary/aromatic N) is 3. The molecular weight excluding hydrogens is 493 g/mol. The molecule has 0 fully saturated rings. The summed E-state index contributed by atoms with van der Waals surface area (Å²) in [5, 5.41) is 10.7. The molecule has 0 bridgehead atoms. The van der Waals surface area contributed by atoms with Gasteiger partial charge < -0.3 is 10.1 Å². The van der Waals surface area contributed by atoms with Gasteiger partial charge in [-0.3, -0.25) is 19.9 Å². The highest BCUT2D eigenvalue weighted by molar-refractivity contribution is 6.11. The van der Waals surface area contributed by atoms with Crippen LogP contribution in [0.4, 0.5) is 10.1 Å². The Morgan fingerprint density at radius 2 is 1.69 bits per heavy atom. The lowest BCUT2D eigenvalue weighted by Crippen LogP contribution is -2.13. The maximum absolute atomic E-state index is 14.0. The first-order valence-electron chi connectivity index (χ1n) is 12.3. The zero-order valence-corrected chi connectivity index (χ0v) is 20.6. The highest BCUT2D eigenvalue weighted by Gasteiger charge is 2.16. The molecule has 1 amide bonds. The number of carbonyl (C=O) groups is 1. The third-order valence-corrected chi connectivity index (χ3v) is 6.22. The van der Waals surface area contributed by atoms with Crippen LogP contribution in [0.2, 0.25) is 0 Å². The number of hydrogen-bond acceptors (Lipinski definition) is 5. The molecule has 0 spiro atoms. The molecule has 0 unspecified atom stereocenters. The van der Waals surface area contributed by atoms with E-state index in [-0.39, 0.29) is 17.4 Å². The van der Waals surface area contributed by atoms with Gasteiger partial charge in [0.15, 0.2) is 5.69 Å². The fourth-order valence-corrected chi connectivity index (χ4v) is 4.25. The Hall–Kier alpha value is -5.37. The molecule has 3 aromatic carbocycles. The Bertz CT molecular complexity index is 1770. The predicted octanol–water partition coefficient (Wildman–Crippen LogP) is 6.79. The van der Waals surface area contributed by atoms with Gasteiger partial charge in [0.1, 0.15) is 17.3 Å². The smallest absolute Gasteiger partial charge is 0.276 e. The zero-order valence-electron chi connectivity index (χ0n) is 20.6. The second-order valence-electron chi connectivity index (χ2n) is 8.92. The number of amides is 1. The zero-order chi connectivity index (χ0) is 26.6. The number of benzene rings is 3. The summed E-state index contributed by atoms with van der Waals surface area (Å²) >= 11 is 0. The largest absolute Gasteiger partial charge is 0.456 e. The van der Waals surface area contributed by atoms with Crippen molar-refractivity contribution in [3.8, 4) is 22.6 Å². The van der Waals surface area contributed by atoms with E-state index in [4.69, 9.17) is 4.74 Å². The lowest BCUT2D eigenvalue weighted by atomic mass is 10.0. The van der Waals surface area contributed by atoms with Crippen LogP contribution < -0.4 is 10.1 Å². The van der Waals surface area contributed by atoms with E-state index in [1.807, 2.05) is 54.6 Å². The normalized spacial score (nSPS) is 10.9. The van der Waals surface area contributed by atoms with Crippen LogP contribution in [0.1, 0.15) is 21.7 Å². The van der Waals surface area contributed by atoms with Crippen molar-refractivity contribution in [1.29, 1.82) is 0 Å². The van der Waals surface area contributed by atoms with Gasteiger partial charge in [0.25, 0.3) is 5.91 Å². The summed E-state index contributed by atoms with van der Waals surface area (Å²) in [6.07, 6.45) is 5.31. The van der Waals surface area contributed by atoms with Crippen molar-refractivity contribution in [1.82, 2.24) is 20.2 Å². The minimum Gasteiger partial charge on any atom is -0.456 e. The number of rotatable bonds is 7. The number of nitrogens with one attached hydrogen (secondary N) is 2. The van der Waals surface area contributed by atoms with Crippen LogP contribution in [0, 0.1) is 5.82 Å². The number of para-hydroxylation sites is 1. The van der Waals surface area contributed by atoms with Crippen LogP contribution in [0.5, 0.6) is 11.5 Å². The van der Waals surface area contributed by atoms with Gasteiger partial charge >= 0.3 is 0 Å². The van der Waals surface area contributed by atoms with Crippen molar-refractivity contribution in [2.75, 3.05) is 5.32 Å². The summed E-state index contributed by atoms with van der Waals surface area (Å²) in [4.78, 5) is 21.8. The van der Waals surface area contributed by atoms with Crippen LogP contribution in [-0.2, 0) is 6.42 Å². The molecule has 0 saturated carbocycles. The fraction of sp³-hybridized carbons (Fsp3) is 0.0323. The van der Waals surface area contributed by atoms with Crippen molar-refractivity contribution in [2.24, 2.45) is 0 Å². The molecule has 0 saturated heterocycles. The molecule has 0 aliphatic carbocycles. The highest BCUT2D eigenvalue weighted by atomic mass is 19.1. The maximum Gasteiger partial charge on any atom is 0.276 e. The first-order valence-corrected chi connectivity index (χ1v) is 12.3. The van der Waals surface area contributed by atoms with Gasteiger partial charge in [0, 0.05) is 29.3 Å². The average molecular weight is 516 g/mol. The highest BCUT2D eigenvalue weighted by Crippen LogP contribution is 2.29. The number of hydrogen-bond donors (Lipinski definition) is 2. The second kappa shape index (κ2) is 10.5. The number of halogens is 1. The molecule has 6 rings (SSSR count). The second-order valence-corrected chi connectivity index (χ2v) is 8.92. The van der Waals surface area contributed by atoms with E-state index in [1.54, 1.807) is 48.9 Å². The lowest BCUT2D eigenvalue weighted by Gasteiger charge is -2.08. The minimum atomic E-state index is -0.374. The van der Waals surface area contributed by atoms with E-state index in [0.29, 0.717) is 34.5 Å². The molecule has 2 N–H and O–H groups in total. The van der Waals surface area contributed by atoms with Crippen molar-refractivity contribution in [2.45, 2.75) is 6.42 Å². The number of fused-ring (bicyclic) bond motifs is 1. The summed E-state index contributed by atoms with van der Waals surface area (Å²) in [5.74, 6) is 0.680. The molecule has 0 aliphatic heterocycles. The van der Waals surface area contributed by atoms with E-state index in [9.17, 15) is 9.18 Å². The molecule has 39 heavy (non-hydrogen) atoms. The standard InChI is InChI=1S/C31H22FN5O2/c32-28-9-5-4-6-21(28)14-23-11-12-24(18-34-23)35-31(38)30-27-16-20(10-13-29(27)36-37-30)22-15-26(19-33-17-22)39-25-7-2-1-3-8-25/h1-13,15-19H,14H2,(H,35,38)(H,36,37). The molecule has 0 aliphatic rings. The van der Waals surface area contributed by atoms with Gasteiger partial charge in [0.2, 0.25) is 0 Å². The Kier molecular flexibility index (Phi) is 6.49. The van der Waals surface area contributed by atoms with Gasteiger partial charge in [-0.05, 0) is 59.7 Å². The molecule has 3 heterocycles. The number of ether oxygens (including phenoxy) is 1. The molecular formula is C31H22FN5O2. The van der Waals surface area contributed by atoms with E-state index in [1.165, 1.54) is 6.07 Å². The summed E-state index contributed by atoms with van der Waals surface area (Å²) in [6, 6.07) is 27.2. The van der Waals surface area contributed by atoms with Gasteiger partial charge in [-0.2, -0.15) is 5.10 Å². The van der Waals surface area contributed by atoms with Crippen LogP contribution in [0.15, 0.2) is 110 Å². The number of aromatic nitrogens is 4. The number of pyridine rings is 2. The van der Waals surface area contributed by atoms with Crippen molar-refractivity contribution in [3.05, 3.63) is 132 Å². The Balaban J connectivity index is 1.20. The predicted molar refractivity (Wildman–Crippen MR) is 147 cm³/mol. The Morgan fingerprint density at radius 3 is 2.51 bits per heavy atom. The third kappa shape index (κ3) is 5.35. The summed E-state index contributed by atoms with van der Waals surface area (Å²) < 4.78 is 19.9. The van der Waals surface area contributed by atoms with Gasteiger partial charge in [-0.1, -0.05) is 42.5 Å².